The van der Waals surface area contributed by atoms with Crippen LogP contribution in [-0.2, 0) is 0 Å². The first-order valence-electron chi connectivity index (χ1n) is 7.29. The summed E-state index contributed by atoms with van der Waals surface area (Å²) in [6, 6.07) is 15.2. The number of carbonyl (C=O) groups is 1. The number of amides is 1. The highest BCUT2D eigenvalue weighted by Crippen LogP contribution is 2.25. The molecule has 0 fully saturated rings. The average molecular weight is 327 g/mol. The lowest BCUT2D eigenvalue weighted by Gasteiger charge is -2.09. The Morgan fingerprint density at radius 2 is 1.91 bits per heavy atom. The van der Waals surface area contributed by atoms with Crippen molar-refractivity contribution >= 4 is 33.3 Å². The van der Waals surface area contributed by atoms with E-state index >= 15 is 0 Å². The molecule has 3 rings (SSSR count). The molecular formula is C17H17N3O2S. The number of rotatable bonds is 6. The van der Waals surface area contributed by atoms with Crippen LogP contribution in [0.25, 0.3) is 10.1 Å². The number of methoxy groups -OCH3 is 1. The normalized spacial score (nSPS) is 10.5. The van der Waals surface area contributed by atoms with Crippen LogP contribution in [0.2, 0.25) is 0 Å². The Balaban J connectivity index is 1.54. The highest BCUT2D eigenvalue weighted by atomic mass is 32.1. The lowest BCUT2D eigenvalue weighted by Crippen LogP contribution is -2.29. The van der Waals surface area contributed by atoms with Crippen molar-refractivity contribution in [2.75, 3.05) is 25.5 Å². The predicted molar refractivity (Wildman–Crippen MR) is 93.4 cm³/mol. The summed E-state index contributed by atoms with van der Waals surface area (Å²) in [7, 11) is 1.56. The topological polar surface area (TPSA) is 63.2 Å². The molecule has 0 radical (unpaired) electrons. The van der Waals surface area contributed by atoms with Crippen LogP contribution in [-0.4, -0.2) is 30.5 Å². The van der Waals surface area contributed by atoms with Crippen LogP contribution in [0.15, 0.2) is 48.5 Å². The Labute approximate surface area is 138 Å². The Kier molecular flexibility index (Phi) is 4.73. The predicted octanol–water partition coefficient (Wildman–Crippen LogP) is 3.15. The van der Waals surface area contributed by atoms with Gasteiger partial charge in [-0.2, -0.15) is 4.37 Å². The van der Waals surface area contributed by atoms with Crippen molar-refractivity contribution in [3.05, 3.63) is 54.1 Å². The second-order valence-corrected chi connectivity index (χ2v) is 5.72. The number of fused-ring (bicyclic) bond motifs is 1. The van der Waals surface area contributed by atoms with Crippen LogP contribution in [0.5, 0.6) is 5.75 Å². The Morgan fingerprint density at radius 3 is 2.78 bits per heavy atom. The van der Waals surface area contributed by atoms with Crippen LogP contribution < -0.4 is 15.4 Å². The van der Waals surface area contributed by atoms with Gasteiger partial charge in [0.25, 0.3) is 5.91 Å². The van der Waals surface area contributed by atoms with E-state index in [4.69, 9.17) is 4.74 Å². The van der Waals surface area contributed by atoms with E-state index < -0.39 is 0 Å². The summed E-state index contributed by atoms with van der Waals surface area (Å²) >= 11 is 1.46. The van der Waals surface area contributed by atoms with E-state index in [0.29, 0.717) is 24.4 Å². The average Bonchev–Trinajstić information content (AvgIpc) is 3.01. The van der Waals surface area contributed by atoms with E-state index in [-0.39, 0.29) is 5.91 Å². The summed E-state index contributed by atoms with van der Waals surface area (Å²) in [4.78, 5) is 12.2. The summed E-state index contributed by atoms with van der Waals surface area (Å²) in [5, 5.41) is 7.24. The standard InChI is InChI=1S/C17H17N3O2S/c1-22-14-8-4-2-6-12(14)17(21)19-11-10-18-16-13-7-3-5-9-15(13)23-20-16/h2-9H,10-11H2,1H3,(H,18,20)(H,19,21). The molecule has 0 atom stereocenters. The molecule has 2 N–H and O–H groups in total. The van der Waals surface area contributed by atoms with E-state index in [9.17, 15) is 4.79 Å². The van der Waals surface area contributed by atoms with E-state index in [0.717, 1.165) is 15.9 Å². The molecule has 3 aromatic rings. The van der Waals surface area contributed by atoms with Gasteiger partial charge in [-0.1, -0.05) is 24.3 Å². The van der Waals surface area contributed by atoms with Crippen molar-refractivity contribution in [3.63, 3.8) is 0 Å². The quantitative estimate of drug-likeness (QED) is 0.683. The smallest absolute Gasteiger partial charge is 0.255 e. The number of nitrogens with zero attached hydrogens (tertiary/aromatic N) is 1. The van der Waals surface area contributed by atoms with Crippen molar-refractivity contribution < 1.29 is 9.53 Å². The van der Waals surface area contributed by atoms with Crippen LogP contribution in [0, 0.1) is 0 Å². The number of carbonyl (C=O) groups excluding carboxylic acids is 1. The van der Waals surface area contributed by atoms with E-state index in [1.807, 2.05) is 36.4 Å². The van der Waals surface area contributed by atoms with Gasteiger partial charge in [-0.15, -0.1) is 0 Å². The Hall–Kier alpha value is -2.60. The van der Waals surface area contributed by atoms with Crippen LogP contribution in [0.1, 0.15) is 10.4 Å². The lowest BCUT2D eigenvalue weighted by molar-refractivity contribution is 0.0952. The number of ether oxygens (including phenoxy) is 1. The number of hydrogen-bond donors (Lipinski definition) is 2. The second-order valence-electron chi connectivity index (χ2n) is 4.91. The third kappa shape index (κ3) is 3.43. The van der Waals surface area contributed by atoms with Crippen molar-refractivity contribution in [2.24, 2.45) is 0 Å². The third-order valence-electron chi connectivity index (χ3n) is 3.43. The van der Waals surface area contributed by atoms with E-state index in [1.165, 1.54) is 11.5 Å². The molecular weight excluding hydrogens is 310 g/mol. The Bertz CT molecular complexity index is 816. The molecule has 2 aromatic carbocycles. The maximum atomic E-state index is 12.2. The molecule has 0 aliphatic rings. The summed E-state index contributed by atoms with van der Waals surface area (Å²) in [5.74, 6) is 1.29. The van der Waals surface area contributed by atoms with Gasteiger partial charge in [0.15, 0.2) is 0 Å². The van der Waals surface area contributed by atoms with Gasteiger partial charge in [-0.25, -0.2) is 0 Å². The molecule has 6 heteroatoms. The van der Waals surface area contributed by atoms with Gasteiger partial charge < -0.3 is 15.4 Å². The van der Waals surface area contributed by atoms with Gasteiger partial charge >= 0.3 is 0 Å². The number of benzene rings is 2. The first-order chi connectivity index (χ1) is 11.3. The summed E-state index contributed by atoms with van der Waals surface area (Å²) < 4.78 is 10.7. The lowest BCUT2D eigenvalue weighted by atomic mass is 10.2. The first kappa shape index (κ1) is 15.3. The molecule has 0 saturated heterocycles. The van der Waals surface area contributed by atoms with E-state index in [2.05, 4.69) is 15.0 Å². The third-order valence-corrected chi connectivity index (χ3v) is 4.26. The molecule has 0 aliphatic carbocycles. The highest BCUT2D eigenvalue weighted by Gasteiger charge is 2.10. The molecule has 0 unspecified atom stereocenters. The zero-order valence-corrected chi connectivity index (χ0v) is 13.5. The zero-order valence-electron chi connectivity index (χ0n) is 12.7. The summed E-state index contributed by atoms with van der Waals surface area (Å²) in [6.07, 6.45) is 0. The van der Waals surface area contributed by atoms with Crippen LogP contribution in [0.4, 0.5) is 5.82 Å². The maximum Gasteiger partial charge on any atom is 0.255 e. The highest BCUT2D eigenvalue weighted by molar-refractivity contribution is 7.13. The van der Waals surface area contributed by atoms with Gasteiger partial charge in [0.2, 0.25) is 0 Å². The number of aromatic nitrogens is 1. The molecule has 1 aromatic heterocycles. The number of anilines is 1. The summed E-state index contributed by atoms with van der Waals surface area (Å²) in [5.41, 5.74) is 0.536. The van der Waals surface area contributed by atoms with Crippen LogP contribution >= 0.6 is 11.5 Å². The fourth-order valence-corrected chi connectivity index (χ4v) is 3.05. The Morgan fingerprint density at radius 1 is 1.13 bits per heavy atom. The van der Waals surface area contributed by atoms with Crippen molar-refractivity contribution in [3.8, 4) is 5.75 Å². The molecule has 1 heterocycles. The SMILES string of the molecule is COc1ccccc1C(=O)NCCNc1nsc2ccccc12. The maximum absolute atomic E-state index is 12.2. The molecule has 118 valence electrons. The zero-order chi connectivity index (χ0) is 16.1. The van der Waals surface area contributed by atoms with Crippen molar-refractivity contribution in [1.82, 2.24) is 9.69 Å². The number of nitrogens with one attached hydrogen (secondary N) is 2. The summed E-state index contributed by atoms with van der Waals surface area (Å²) in [6.45, 7) is 1.11. The second kappa shape index (κ2) is 7.11. The van der Waals surface area contributed by atoms with Crippen molar-refractivity contribution in [2.45, 2.75) is 0 Å². The minimum absolute atomic E-state index is 0.146. The molecule has 0 bridgehead atoms. The fraction of sp³-hybridized carbons (Fsp3) is 0.176. The minimum Gasteiger partial charge on any atom is -0.496 e. The molecule has 0 aliphatic heterocycles. The first-order valence-corrected chi connectivity index (χ1v) is 8.06. The monoisotopic (exact) mass is 327 g/mol. The van der Waals surface area contributed by atoms with E-state index in [1.54, 1.807) is 19.2 Å². The molecule has 23 heavy (non-hydrogen) atoms. The van der Waals surface area contributed by atoms with Gasteiger partial charge in [0.05, 0.1) is 17.4 Å². The van der Waals surface area contributed by atoms with Crippen molar-refractivity contribution in [1.29, 1.82) is 0 Å². The fourth-order valence-electron chi connectivity index (χ4n) is 2.30. The molecule has 0 saturated carbocycles. The molecule has 0 spiro atoms. The van der Waals surface area contributed by atoms with Gasteiger partial charge in [0, 0.05) is 18.5 Å². The van der Waals surface area contributed by atoms with Gasteiger partial charge in [-0.3, -0.25) is 4.79 Å². The van der Waals surface area contributed by atoms with Crippen LogP contribution in [0.3, 0.4) is 0 Å². The number of hydrogen-bond acceptors (Lipinski definition) is 5. The van der Waals surface area contributed by atoms with Gasteiger partial charge in [-0.05, 0) is 35.8 Å². The molecule has 1 amide bonds. The minimum atomic E-state index is -0.146. The van der Waals surface area contributed by atoms with Gasteiger partial charge in [0.1, 0.15) is 11.6 Å². The molecule has 5 nitrogen and oxygen atoms in total. The number of para-hydroxylation sites is 1. The largest absolute Gasteiger partial charge is 0.496 e.